The molecule has 0 aromatic carbocycles. The van der Waals surface area contributed by atoms with Gasteiger partial charge >= 0.3 is 0 Å². The second kappa shape index (κ2) is 7.77. The van der Waals surface area contributed by atoms with Crippen LogP contribution in [0.15, 0.2) is 12.7 Å². The van der Waals surface area contributed by atoms with E-state index in [1.54, 1.807) is 22.7 Å². The molecule has 0 aliphatic heterocycles. The van der Waals surface area contributed by atoms with Crippen molar-refractivity contribution in [1.82, 2.24) is 4.90 Å². The molecular formula is C11H22N2OS. The lowest BCUT2D eigenvalue weighted by molar-refractivity contribution is -0.133. The molecule has 0 saturated heterocycles. The van der Waals surface area contributed by atoms with Crippen molar-refractivity contribution in [1.29, 1.82) is 0 Å². The highest BCUT2D eigenvalue weighted by atomic mass is 32.2. The first-order valence-electron chi connectivity index (χ1n) is 5.20. The number of rotatable bonds is 7. The van der Waals surface area contributed by atoms with E-state index in [9.17, 15) is 4.79 Å². The largest absolute Gasteiger partial charge is 0.335 e. The number of hydrogen-bond donors (Lipinski definition) is 1. The molecule has 2 N–H and O–H groups in total. The SMILES string of the molecule is C=CCN(C(=O)[C@@H](N)CCSC)C(C)C. The van der Waals surface area contributed by atoms with Gasteiger partial charge in [0.1, 0.15) is 0 Å². The Morgan fingerprint density at radius 2 is 2.20 bits per heavy atom. The van der Waals surface area contributed by atoms with Crippen LogP contribution in [0, 0.1) is 0 Å². The number of nitrogens with two attached hydrogens (primary N) is 1. The highest BCUT2D eigenvalue weighted by Gasteiger charge is 2.21. The molecule has 1 amide bonds. The predicted molar refractivity (Wildman–Crippen MR) is 68.0 cm³/mol. The van der Waals surface area contributed by atoms with Gasteiger partial charge in [-0.15, -0.1) is 6.58 Å². The maximum Gasteiger partial charge on any atom is 0.240 e. The molecule has 15 heavy (non-hydrogen) atoms. The van der Waals surface area contributed by atoms with E-state index in [0.717, 1.165) is 12.2 Å². The fraction of sp³-hybridized carbons (Fsp3) is 0.727. The third-order valence-corrected chi connectivity index (χ3v) is 2.83. The Balaban J connectivity index is 4.28. The summed E-state index contributed by atoms with van der Waals surface area (Å²) in [5.74, 6) is 0.950. The summed E-state index contributed by atoms with van der Waals surface area (Å²) < 4.78 is 0. The Labute approximate surface area is 97.1 Å². The summed E-state index contributed by atoms with van der Waals surface area (Å²) in [6.07, 6.45) is 4.49. The van der Waals surface area contributed by atoms with Crippen molar-refractivity contribution in [3.8, 4) is 0 Å². The first-order chi connectivity index (χ1) is 7.04. The van der Waals surface area contributed by atoms with E-state index in [0.29, 0.717) is 6.54 Å². The maximum atomic E-state index is 11.9. The Hall–Kier alpha value is -0.480. The van der Waals surface area contributed by atoms with Crippen molar-refractivity contribution in [3.63, 3.8) is 0 Å². The molecule has 0 fully saturated rings. The highest BCUT2D eigenvalue weighted by Crippen LogP contribution is 2.06. The molecule has 0 aliphatic carbocycles. The Kier molecular flexibility index (Phi) is 7.52. The minimum Gasteiger partial charge on any atom is -0.335 e. The smallest absolute Gasteiger partial charge is 0.240 e. The van der Waals surface area contributed by atoms with Crippen LogP contribution in [0.5, 0.6) is 0 Å². The number of hydrogen-bond acceptors (Lipinski definition) is 3. The average molecular weight is 230 g/mol. The van der Waals surface area contributed by atoms with Crippen molar-refractivity contribution < 1.29 is 4.79 Å². The summed E-state index contributed by atoms with van der Waals surface area (Å²) >= 11 is 1.71. The quantitative estimate of drug-likeness (QED) is 0.674. The molecule has 0 unspecified atom stereocenters. The molecule has 0 spiro atoms. The maximum absolute atomic E-state index is 11.9. The molecule has 0 rings (SSSR count). The van der Waals surface area contributed by atoms with Gasteiger partial charge < -0.3 is 10.6 Å². The van der Waals surface area contributed by atoms with E-state index in [2.05, 4.69) is 6.58 Å². The summed E-state index contributed by atoms with van der Waals surface area (Å²) in [6.45, 7) is 8.20. The second-order valence-corrected chi connectivity index (χ2v) is 4.75. The topological polar surface area (TPSA) is 46.3 Å². The molecule has 0 aromatic rings. The predicted octanol–water partition coefficient (Wildman–Crippen LogP) is 1.49. The van der Waals surface area contributed by atoms with Gasteiger partial charge in [0.2, 0.25) is 5.91 Å². The van der Waals surface area contributed by atoms with Gasteiger partial charge in [0.15, 0.2) is 0 Å². The summed E-state index contributed by atoms with van der Waals surface area (Å²) in [5.41, 5.74) is 5.83. The molecule has 0 bridgehead atoms. The van der Waals surface area contributed by atoms with Crippen LogP contribution in [0.3, 0.4) is 0 Å². The van der Waals surface area contributed by atoms with Gasteiger partial charge in [0.25, 0.3) is 0 Å². The Bertz CT molecular complexity index is 207. The van der Waals surface area contributed by atoms with Crippen LogP contribution >= 0.6 is 11.8 Å². The lowest BCUT2D eigenvalue weighted by atomic mass is 10.2. The monoisotopic (exact) mass is 230 g/mol. The standard InChI is InChI=1S/C11H22N2OS/c1-5-7-13(9(2)3)11(14)10(12)6-8-15-4/h5,9-10H,1,6-8,12H2,2-4H3/t10-/m0/s1. The third kappa shape index (κ3) is 5.23. The van der Waals surface area contributed by atoms with Crippen molar-refractivity contribution >= 4 is 17.7 Å². The van der Waals surface area contributed by atoms with E-state index < -0.39 is 0 Å². The van der Waals surface area contributed by atoms with Gasteiger partial charge in [0, 0.05) is 12.6 Å². The van der Waals surface area contributed by atoms with E-state index in [1.165, 1.54) is 0 Å². The van der Waals surface area contributed by atoms with Gasteiger partial charge in [-0.1, -0.05) is 6.08 Å². The summed E-state index contributed by atoms with van der Waals surface area (Å²) in [5, 5.41) is 0. The van der Waals surface area contributed by atoms with Crippen LogP contribution in [0.1, 0.15) is 20.3 Å². The molecule has 0 aliphatic rings. The highest BCUT2D eigenvalue weighted by molar-refractivity contribution is 7.98. The van der Waals surface area contributed by atoms with Crippen molar-refractivity contribution in [2.75, 3.05) is 18.6 Å². The number of thioether (sulfide) groups is 1. The lowest BCUT2D eigenvalue weighted by Gasteiger charge is -2.28. The first kappa shape index (κ1) is 14.5. The van der Waals surface area contributed by atoms with Crippen LogP contribution in [0.25, 0.3) is 0 Å². The van der Waals surface area contributed by atoms with Gasteiger partial charge in [0.05, 0.1) is 6.04 Å². The van der Waals surface area contributed by atoms with Crippen LogP contribution in [-0.2, 0) is 4.79 Å². The summed E-state index contributed by atoms with van der Waals surface area (Å²) in [4.78, 5) is 13.7. The average Bonchev–Trinajstić information content (AvgIpc) is 2.21. The van der Waals surface area contributed by atoms with Crippen molar-refractivity contribution in [2.24, 2.45) is 5.73 Å². The number of carbonyl (C=O) groups excluding carboxylic acids is 1. The van der Waals surface area contributed by atoms with E-state index in [4.69, 9.17) is 5.73 Å². The minimum atomic E-state index is -0.375. The van der Waals surface area contributed by atoms with E-state index >= 15 is 0 Å². The molecule has 3 nitrogen and oxygen atoms in total. The zero-order valence-electron chi connectivity index (χ0n) is 9.90. The van der Waals surface area contributed by atoms with Gasteiger partial charge in [-0.05, 0) is 32.3 Å². The van der Waals surface area contributed by atoms with E-state index in [-0.39, 0.29) is 18.0 Å². The van der Waals surface area contributed by atoms with Gasteiger partial charge in [-0.25, -0.2) is 0 Å². The van der Waals surface area contributed by atoms with Gasteiger partial charge in [-0.2, -0.15) is 11.8 Å². The van der Waals surface area contributed by atoms with Crippen molar-refractivity contribution in [3.05, 3.63) is 12.7 Å². The number of carbonyl (C=O) groups is 1. The summed E-state index contributed by atoms with van der Waals surface area (Å²) in [7, 11) is 0. The molecule has 0 heterocycles. The zero-order chi connectivity index (χ0) is 11.8. The van der Waals surface area contributed by atoms with Crippen LogP contribution in [0.4, 0.5) is 0 Å². The molecule has 1 atom stereocenters. The summed E-state index contributed by atoms with van der Waals surface area (Å²) in [6, 6.07) is -0.198. The normalized spacial score (nSPS) is 12.6. The molecular weight excluding hydrogens is 208 g/mol. The molecule has 0 aromatic heterocycles. The molecule has 88 valence electrons. The van der Waals surface area contributed by atoms with Crippen LogP contribution in [0.2, 0.25) is 0 Å². The molecule has 0 radical (unpaired) electrons. The van der Waals surface area contributed by atoms with Crippen molar-refractivity contribution in [2.45, 2.75) is 32.4 Å². The minimum absolute atomic E-state index is 0.0268. The zero-order valence-corrected chi connectivity index (χ0v) is 10.7. The first-order valence-corrected chi connectivity index (χ1v) is 6.59. The fourth-order valence-electron chi connectivity index (χ4n) is 1.28. The fourth-order valence-corrected chi connectivity index (χ4v) is 1.77. The Morgan fingerprint density at radius 1 is 1.60 bits per heavy atom. The molecule has 4 heteroatoms. The second-order valence-electron chi connectivity index (χ2n) is 3.76. The van der Waals surface area contributed by atoms with E-state index in [1.807, 2.05) is 20.1 Å². The molecule has 0 saturated carbocycles. The lowest BCUT2D eigenvalue weighted by Crippen LogP contribution is -2.47. The third-order valence-electron chi connectivity index (χ3n) is 2.18. The van der Waals surface area contributed by atoms with Crippen LogP contribution in [-0.4, -0.2) is 41.4 Å². The Morgan fingerprint density at radius 3 is 2.60 bits per heavy atom. The number of amides is 1. The van der Waals surface area contributed by atoms with Gasteiger partial charge in [-0.3, -0.25) is 4.79 Å². The number of nitrogens with zero attached hydrogens (tertiary/aromatic N) is 1. The van der Waals surface area contributed by atoms with Crippen LogP contribution < -0.4 is 5.73 Å².